The number of nitrogens with one attached hydrogen (secondary N) is 1. The molecule has 0 bridgehead atoms. The number of rotatable bonds is 5. The van der Waals surface area contributed by atoms with Gasteiger partial charge in [0.25, 0.3) is 0 Å². The number of hydrogen-bond donors (Lipinski definition) is 2. The number of aromatic nitrogens is 1. The number of hydrogen-bond acceptors (Lipinski definition) is 5. The molecule has 0 spiro atoms. The molecule has 0 fully saturated rings. The van der Waals surface area contributed by atoms with Crippen LogP contribution in [0, 0.1) is 0 Å². The Bertz CT molecular complexity index is 533. The van der Waals surface area contributed by atoms with E-state index in [1.807, 2.05) is 24.3 Å². The van der Waals surface area contributed by atoms with Gasteiger partial charge in [0.05, 0.1) is 19.9 Å². The lowest BCUT2D eigenvalue weighted by Gasteiger charge is -2.04. The summed E-state index contributed by atoms with van der Waals surface area (Å²) in [6.45, 7) is 0.319. The van der Waals surface area contributed by atoms with Crippen molar-refractivity contribution < 1.29 is 19.1 Å². The van der Waals surface area contributed by atoms with E-state index in [1.54, 1.807) is 7.11 Å². The third kappa shape index (κ3) is 2.79. The molecule has 0 radical (unpaired) electrons. The molecule has 1 aromatic heterocycles. The summed E-state index contributed by atoms with van der Waals surface area (Å²) in [7, 11) is 1.60. The number of carbonyl (C=O) groups is 1. The zero-order chi connectivity index (χ0) is 13.0. The monoisotopic (exact) mass is 248 g/mol. The number of aromatic carboxylic acids is 1. The molecule has 0 aliphatic carbocycles. The molecule has 0 saturated carbocycles. The minimum absolute atomic E-state index is 0.165. The highest BCUT2D eigenvalue weighted by molar-refractivity contribution is 5.83. The maximum atomic E-state index is 10.6. The molecule has 0 saturated heterocycles. The minimum atomic E-state index is -1.13. The maximum Gasteiger partial charge on any atom is 0.373 e. The van der Waals surface area contributed by atoms with Crippen molar-refractivity contribution in [3.8, 4) is 5.75 Å². The van der Waals surface area contributed by atoms with Gasteiger partial charge >= 0.3 is 5.97 Å². The number of nitrogens with zero attached hydrogens (tertiary/aromatic N) is 1. The molecule has 2 rings (SSSR count). The van der Waals surface area contributed by atoms with Crippen molar-refractivity contribution in [1.82, 2.24) is 4.98 Å². The van der Waals surface area contributed by atoms with Crippen molar-refractivity contribution in [3.05, 3.63) is 42.1 Å². The Morgan fingerprint density at radius 3 is 2.72 bits per heavy atom. The summed E-state index contributed by atoms with van der Waals surface area (Å²) in [5.41, 5.74) is 0.867. The van der Waals surface area contributed by atoms with Gasteiger partial charge in [-0.25, -0.2) is 9.78 Å². The van der Waals surface area contributed by atoms with Crippen LogP contribution in [0.25, 0.3) is 0 Å². The van der Waals surface area contributed by atoms with Gasteiger partial charge in [0.2, 0.25) is 11.7 Å². The van der Waals surface area contributed by atoms with Crippen LogP contribution in [0.15, 0.2) is 34.9 Å². The van der Waals surface area contributed by atoms with Gasteiger partial charge in [-0.2, -0.15) is 0 Å². The van der Waals surface area contributed by atoms with Crippen LogP contribution in [-0.2, 0) is 6.54 Å². The summed E-state index contributed by atoms with van der Waals surface area (Å²) in [6, 6.07) is 7.33. The van der Waals surface area contributed by atoms with Crippen molar-refractivity contribution in [2.45, 2.75) is 6.54 Å². The number of anilines is 1. The van der Waals surface area contributed by atoms with E-state index < -0.39 is 5.97 Å². The number of carboxylic acids is 1. The molecule has 18 heavy (non-hydrogen) atoms. The first-order valence-electron chi connectivity index (χ1n) is 5.25. The number of carboxylic acid groups (broad SMARTS) is 1. The summed E-state index contributed by atoms with van der Waals surface area (Å²) < 4.78 is 10.1. The molecular formula is C12H12N2O4. The summed E-state index contributed by atoms with van der Waals surface area (Å²) in [4.78, 5) is 14.4. The quantitative estimate of drug-likeness (QED) is 0.841. The van der Waals surface area contributed by atoms with Crippen LogP contribution >= 0.6 is 0 Å². The van der Waals surface area contributed by atoms with E-state index in [0.717, 1.165) is 11.4 Å². The fourth-order valence-electron chi connectivity index (χ4n) is 1.38. The number of benzene rings is 1. The van der Waals surface area contributed by atoms with Crippen LogP contribution in [0.1, 0.15) is 16.4 Å². The van der Waals surface area contributed by atoms with E-state index in [-0.39, 0.29) is 5.76 Å². The van der Waals surface area contributed by atoms with E-state index in [9.17, 15) is 4.79 Å². The van der Waals surface area contributed by atoms with Gasteiger partial charge in [0.15, 0.2) is 0 Å². The normalized spacial score (nSPS) is 10.1. The molecule has 0 amide bonds. The van der Waals surface area contributed by atoms with Gasteiger partial charge in [-0.1, -0.05) is 0 Å². The molecule has 94 valence electrons. The van der Waals surface area contributed by atoms with Crippen molar-refractivity contribution in [3.63, 3.8) is 0 Å². The molecule has 2 N–H and O–H groups in total. The van der Waals surface area contributed by atoms with Gasteiger partial charge in [-0.05, 0) is 24.3 Å². The highest BCUT2D eigenvalue weighted by Crippen LogP contribution is 2.15. The number of oxazole rings is 1. The Kier molecular flexibility index (Phi) is 3.47. The highest BCUT2D eigenvalue weighted by atomic mass is 16.5. The van der Waals surface area contributed by atoms with Gasteiger partial charge in [0, 0.05) is 5.69 Å². The third-order valence-corrected chi connectivity index (χ3v) is 2.30. The highest BCUT2D eigenvalue weighted by Gasteiger charge is 2.09. The Hall–Kier alpha value is -2.50. The zero-order valence-electron chi connectivity index (χ0n) is 9.71. The Morgan fingerprint density at radius 1 is 1.44 bits per heavy atom. The average Bonchev–Trinajstić information content (AvgIpc) is 2.86. The van der Waals surface area contributed by atoms with Gasteiger partial charge in [-0.3, -0.25) is 0 Å². The molecule has 6 nitrogen and oxygen atoms in total. The first-order chi connectivity index (χ1) is 8.69. The lowest BCUT2D eigenvalue weighted by atomic mass is 10.3. The zero-order valence-corrected chi connectivity index (χ0v) is 9.71. The molecule has 1 aromatic carbocycles. The summed E-state index contributed by atoms with van der Waals surface area (Å²) in [6.07, 6.45) is 1.19. The molecular weight excluding hydrogens is 236 g/mol. The van der Waals surface area contributed by atoms with Crippen LogP contribution in [-0.4, -0.2) is 23.2 Å². The Morgan fingerprint density at radius 2 is 2.17 bits per heavy atom. The van der Waals surface area contributed by atoms with Crippen LogP contribution in [0.5, 0.6) is 5.75 Å². The molecule has 6 heteroatoms. The summed E-state index contributed by atoms with van der Waals surface area (Å²) in [5.74, 6) is -0.201. The van der Waals surface area contributed by atoms with Crippen LogP contribution in [0.4, 0.5) is 5.69 Å². The van der Waals surface area contributed by atoms with Crippen molar-refractivity contribution in [1.29, 1.82) is 0 Å². The first kappa shape index (κ1) is 12.0. The second kappa shape index (κ2) is 5.22. The van der Waals surface area contributed by atoms with Gasteiger partial charge in [-0.15, -0.1) is 0 Å². The van der Waals surface area contributed by atoms with Crippen LogP contribution < -0.4 is 10.1 Å². The number of ether oxygens (including phenoxy) is 1. The summed E-state index contributed by atoms with van der Waals surface area (Å²) >= 11 is 0. The van der Waals surface area contributed by atoms with Crippen LogP contribution in [0.3, 0.4) is 0 Å². The molecule has 2 aromatic rings. The Labute approximate surface area is 103 Å². The molecule has 1 heterocycles. The fourth-order valence-corrected chi connectivity index (χ4v) is 1.38. The third-order valence-electron chi connectivity index (χ3n) is 2.30. The first-order valence-corrected chi connectivity index (χ1v) is 5.25. The maximum absolute atomic E-state index is 10.6. The molecule has 0 unspecified atom stereocenters. The summed E-state index contributed by atoms with van der Waals surface area (Å²) in [5, 5.41) is 11.7. The van der Waals surface area contributed by atoms with Crippen molar-refractivity contribution in [2.24, 2.45) is 0 Å². The largest absolute Gasteiger partial charge is 0.497 e. The van der Waals surface area contributed by atoms with E-state index in [2.05, 4.69) is 10.3 Å². The van der Waals surface area contributed by atoms with Gasteiger partial charge in [0.1, 0.15) is 5.75 Å². The molecule has 0 aliphatic rings. The molecule has 0 aliphatic heterocycles. The van der Waals surface area contributed by atoms with Crippen LogP contribution in [0.2, 0.25) is 0 Å². The lowest BCUT2D eigenvalue weighted by molar-refractivity contribution is 0.0660. The molecule has 0 atom stereocenters. The standard InChI is InChI=1S/C12H12N2O4/c1-17-9-4-2-8(3-5-9)13-7-11-14-6-10(18-11)12(15)16/h2-6,13H,7H2,1H3,(H,15,16). The minimum Gasteiger partial charge on any atom is -0.497 e. The van der Waals surface area contributed by atoms with E-state index in [1.165, 1.54) is 6.20 Å². The van der Waals surface area contributed by atoms with E-state index in [0.29, 0.717) is 12.4 Å². The van der Waals surface area contributed by atoms with Crippen molar-refractivity contribution in [2.75, 3.05) is 12.4 Å². The van der Waals surface area contributed by atoms with Gasteiger partial charge < -0.3 is 19.6 Å². The van der Waals surface area contributed by atoms with Crippen molar-refractivity contribution >= 4 is 11.7 Å². The average molecular weight is 248 g/mol. The Balaban J connectivity index is 1.95. The second-order valence-electron chi connectivity index (χ2n) is 3.51. The topological polar surface area (TPSA) is 84.6 Å². The van der Waals surface area contributed by atoms with E-state index in [4.69, 9.17) is 14.3 Å². The predicted molar refractivity (Wildman–Crippen MR) is 63.8 cm³/mol. The SMILES string of the molecule is COc1ccc(NCc2ncc(C(=O)O)o2)cc1. The fraction of sp³-hybridized carbons (Fsp3) is 0.167. The van der Waals surface area contributed by atoms with E-state index >= 15 is 0 Å². The second-order valence-corrected chi connectivity index (χ2v) is 3.51. The number of methoxy groups -OCH3 is 1. The lowest BCUT2D eigenvalue weighted by Crippen LogP contribution is -1.99. The predicted octanol–water partition coefficient (Wildman–Crippen LogP) is 1.99. The smallest absolute Gasteiger partial charge is 0.373 e.